The summed E-state index contributed by atoms with van der Waals surface area (Å²) in [6.45, 7) is 4.80. The molecule has 0 spiro atoms. The molecule has 0 aliphatic carbocycles. The first-order valence-corrected chi connectivity index (χ1v) is 6.11. The van der Waals surface area contributed by atoms with Crippen molar-refractivity contribution in [3.8, 4) is 5.75 Å². The minimum Gasteiger partial charge on any atom is -0.425 e. The van der Waals surface area contributed by atoms with Crippen molar-refractivity contribution in [1.82, 2.24) is 0 Å². The molecule has 1 rings (SSSR count). The molecule has 0 radical (unpaired) electrons. The molecule has 1 aromatic carbocycles. The maximum Gasteiger partial charge on any atom is 0.516 e. The van der Waals surface area contributed by atoms with Gasteiger partial charge < -0.3 is 14.2 Å². The van der Waals surface area contributed by atoms with Gasteiger partial charge >= 0.3 is 12.1 Å². The molecule has 0 unspecified atom stereocenters. The van der Waals surface area contributed by atoms with Crippen LogP contribution in [0, 0.1) is 5.92 Å². The monoisotopic (exact) mass is 286 g/mol. The number of halogens is 1. The number of esters is 1. The largest absolute Gasteiger partial charge is 0.516 e. The van der Waals surface area contributed by atoms with Crippen LogP contribution in [0.4, 0.5) is 4.79 Å². The quantitative estimate of drug-likeness (QED) is 0.482. The Kier molecular flexibility index (Phi) is 5.63. The summed E-state index contributed by atoms with van der Waals surface area (Å²) < 4.78 is 14.5. The van der Waals surface area contributed by atoms with Crippen LogP contribution in [-0.4, -0.2) is 18.4 Å². The summed E-state index contributed by atoms with van der Waals surface area (Å²) in [6, 6.07) is 6.20. The number of hydrogen-bond donors (Lipinski definition) is 0. The van der Waals surface area contributed by atoms with Crippen molar-refractivity contribution >= 4 is 23.7 Å². The van der Waals surface area contributed by atoms with Crippen LogP contribution in [0.3, 0.4) is 0 Å². The Morgan fingerprint density at radius 3 is 2.16 bits per heavy atom. The van der Waals surface area contributed by atoms with Crippen molar-refractivity contribution in [1.29, 1.82) is 0 Å². The van der Waals surface area contributed by atoms with Gasteiger partial charge in [-0.1, -0.05) is 25.4 Å². The fourth-order valence-corrected chi connectivity index (χ4v) is 1.21. The van der Waals surface area contributed by atoms with Gasteiger partial charge in [0, 0.05) is 11.9 Å². The second-order valence-electron chi connectivity index (χ2n) is 4.08. The van der Waals surface area contributed by atoms with Gasteiger partial charge in [-0.15, -0.1) is 0 Å². The molecule has 0 bridgehead atoms. The lowest BCUT2D eigenvalue weighted by Gasteiger charge is -2.15. The Labute approximate surface area is 116 Å². The normalized spacial score (nSPS) is 11.8. The molecule has 0 aliphatic heterocycles. The van der Waals surface area contributed by atoms with E-state index in [4.69, 9.17) is 25.8 Å². The fourth-order valence-electron chi connectivity index (χ4n) is 1.08. The first kappa shape index (κ1) is 15.3. The van der Waals surface area contributed by atoms with Crippen molar-refractivity contribution < 1.29 is 23.8 Å². The molecule has 0 amide bonds. The van der Waals surface area contributed by atoms with Crippen LogP contribution in [0.25, 0.3) is 0 Å². The summed E-state index contributed by atoms with van der Waals surface area (Å²) >= 11 is 5.69. The highest BCUT2D eigenvalue weighted by atomic mass is 35.5. The third-order valence-corrected chi connectivity index (χ3v) is 2.28. The van der Waals surface area contributed by atoms with Crippen molar-refractivity contribution in [3.63, 3.8) is 0 Å². The van der Waals surface area contributed by atoms with Crippen LogP contribution in [0.2, 0.25) is 5.02 Å². The highest BCUT2D eigenvalue weighted by molar-refractivity contribution is 6.30. The summed E-state index contributed by atoms with van der Waals surface area (Å²) in [5, 5.41) is 0.528. The predicted octanol–water partition coefficient (Wildman–Crippen LogP) is 3.40. The summed E-state index contributed by atoms with van der Waals surface area (Å²) in [5.74, 6) is -0.457. The molecule has 1 aromatic rings. The summed E-state index contributed by atoms with van der Waals surface area (Å²) in [7, 11) is 0. The minimum atomic E-state index is -1.00. The molecule has 0 aromatic heterocycles. The van der Waals surface area contributed by atoms with Crippen molar-refractivity contribution in [2.45, 2.75) is 27.1 Å². The van der Waals surface area contributed by atoms with Gasteiger partial charge in [0.2, 0.25) is 6.29 Å². The van der Waals surface area contributed by atoms with Gasteiger partial charge in [0.15, 0.2) is 0 Å². The molecule has 1 atom stereocenters. The number of rotatable bonds is 4. The molecule has 0 heterocycles. The molecule has 0 fully saturated rings. The van der Waals surface area contributed by atoms with E-state index >= 15 is 0 Å². The highest BCUT2D eigenvalue weighted by Crippen LogP contribution is 2.16. The van der Waals surface area contributed by atoms with E-state index in [9.17, 15) is 9.59 Å². The smallest absolute Gasteiger partial charge is 0.425 e. The zero-order chi connectivity index (χ0) is 14.4. The Morgan fingerprint density at radius 1 is 1.05 bits per heavy atom. The standard InChI is InChI=1S/C13H15ClO5/c1-8(2)12(15)17-9(3)18-13(16)19-11-6-4-10(14)5-7-11/h4-9H,1-3H3/t9-/m1/s1. The number of carbonyl (C=O) groups excluding carboxylic acids is 2. The number of hydrogen-bond acceptors (Lipinski definition) is 5. The third-order valence-electron chi connectivity index (χ3n) is 2.03. The van der Waals surface area contributed by atoms with E-state index in [1.165, 1.54) is 19.1 Å². The van der Waals surface area contributed by atoms with Gasteiger partial charge in [0.25, 0.3) is 0 Å². The molecule has 5 nitrogen and oxygen atoms in total. The van der Waals surface area contributed by atoms with Gasteiger partial charge in [0.05, 0.1) is 5.92 Å². The molecule has 0 aliphatic rings. The number of carbonyl (C=O) groups is 2. The Morgan fingerprint density at radius 2 is 1.63 bits per heavy atom. The van der Waals surface area contributed by atoms with Gasteiger partial charge in [-0.2, -0.15) is 0 Å². The SMILES string of the molecule is CC(C)C(=O)O[C@@H](C)OC(=O)Oc1ccc(Cl)cc1. The summed E-state index contributed by atoms with van der Waals surface area (Å²) in [4.78, 5) is 22.7. The molecule has 6 heteroatoms. The van der Waals surface area contributed by atoms with Crippen LogP contribution in [-0.2, 0) is 14.3 Å². The zero-order valence-electron chi connectivity index (χ0n) is 10.9. The number of ether oxygens (including phenoxy) is 3. The molecule has 0 saturated heterocycles. The molecule has 0 N–H and O–H groups in total. The highest BCUT2D eigenvalue weighted by Gasteiger charge is 2.17. The molecule has 104 valence electrons. The van der Waals surface area contributed by atoms with E-state index in [1.54, 1.807) is 26.0 Å². The zero-order valence-corrected chi connectivity index (χ0v) is 11.6. The first-order valence-electron chi connectivity index (χ1n) is 5.73. The van der Waals surface area contributed by atoms with Crippen molar-refractivity contribution in [3.05, 3.63) is 29.3 Å². The van der Waals surface area contributed by atoms with Crippen LogP contribution in [0.15, 0.2) is 24.3 Å². The van der Waals surface area contributed by atoms with Crippen LogP contribution >= 0.6 is 11.6 Å². The number of benzene rings is 1. The van der Waals surface area contributed by atoms with Crippen LogP contribution in [0.5, 0.6) is 5.75 Å². The van der Waals surface area contributed by atoms with E-state index in [2.05, 4.69) is 0 Å². The van der Waals surface area contributed by atoms with Gasteiger partial charge in [-0.05, 0) is 24.3 Å². The maximum atomic E-state index is 11.4. The van der Waals surface area contributed by atoms with Crippen LogP contribution in [0.1, 0.15) is 20.8 Å². The van der Waals surface area contributed by atoms with E-state index < -0.39 is 18.4 Å². The average Bonchev–Trinajstić information content (AvgIpc) is 2.31. The first-order chi connectivity index (χ1) is 8.88. The van der Waals surface area contributed by atoms with E-state index in [0.717, 1.165) is 0 Å². The van der Waals surface area contributed by atoms with Crippen LogP contribution < -0.4 is 4.74 Å². The van der Waals surface area contributed by atoms with E-state index in [1.807, 2.05) is 0 Å². The van der Waals surface area contributed by atoms with Crippen molar-refractivity contribution in [2.75, 3.05) is 0 Å². The Hall–Kier alpha value is -1.75. The van der Waals surface area contributed by atoms with E-state index in [-0.39, 0.29) is 11.7 Å². The lowest BCUT2D eigenvalue weighted by atomic mass is 10.2. The third kappa shape index (κ3) is 5.61. The van der Waals surface area contributed by atoms with Gasteiger partial charge in [-0.3, -0.25) is 4.79 Å². The van der Waals surface area contributed by atoms with Gasteiger partial charge in [0.1, 0.15) is 5.75 Å². The maximum absolute atomic E-state index is 11.4. The second-order valence-corrected chi connectivity index (χ2v) is 4.52. The molecule has 19 heavy (non-hydrogen) atoms. The topological polar surface area (TPSA) is 61.8 Å². The average molecular weight is 287 g/mol. The minimum absolute atomic E-state index is 0.289. The summed E-state index contributed by atoms with van der Waals surface area (Å²) in [5.41, 5.74) is 0. The molecule has 0 saturated carbocycles. The fraction of sp³-hybridized carbons (Fsp3) is 0.385. The Bertz CT molecular complexity index is 441. The molecular formula is C13H15ClO5. The Balaban J connectivity index is 2.42. The van der Waals surface area contributed by atoms with Crippen molar-refractivity contribution in [2.24, 2.45) is 5.92 Å². The second kappa shape index (κ2) is 6.99. The lowest BCUT2D eigenvalue weighted by molar-refractivity contribution is -0.170. The summed E-state index contributed by atoms with van der Waals surface area (Å²) in [6.07, 6.45) is -1.96. The van der Waals surface area contributed by atoms with Gasteiger partial charge in [-0.25, -0.2) is 4.79 Å². The molecular weight excluding hydrogens is 272 g/mol. The van der Waals surface area contributed by atoms with E-state index in [0.29, 0.717) is 5.02 Å². The predicted molar refractivity (Wildman–Crippen MR) is 69.0 cm³/mol. The lowest BCUT2D eigenvalue weighted by Crippen LogP contribution is -2.25.